The van der Waals surface area contributed by atoms with Crippen molar-refractivity contribution in [2.75, 3.05) is 39.3 Å². The molecule has 1 aromatic rings. The molecule has 1 aromatic carbocycles. The summed E-state index contributed by atoms with van der Waals surface area (Å²) in [4.78, 5) is 143. The first-order valence-electron chi connectivity index (χ1n) is 31.2. The first-order valence-corrected chi connectivity index (χ1v) is 31.2. The second-order valence-electron chi connectivity index (χ2n) is 23.8. The lowest BCUT2D eigenvalue weighted by atomic mass is 9.89. The third-order valence-corrected chi connectivity index (χ3v) is 15.5. The van der Waals surface area contributed by atoms with Crippen LogP contribution in [0.1, 0.15) is 179 Å². The van der Waals surface area contributed by atoms with Crippen LogP contribution in [0.2, 0.25) is 0 Å². The summed E-state index contributed by atoms with van der Waals surface area (Å²) in [6.07, 6.45) is 12.1. The number of Topliss-reactive ketones (excluding diaryl/α,β-unsaturated/α-hetero) is 9. The number of hydrogen-bond donors (Lipinski definition) is 11. The minimum Gasteiger partial charge on any atom is -0.391 e. The lowest BCUT2D eigenvalue weighted by Gasteiger charge is -2.33. The summed E-state index contributed by atoms with van der Waals surface area (Å²) in [6, 6.07) is 2.26. The van der Waals surface area contributed by atoms with E-state index in [2.05, 4.69) is 60.2 Å². The number of carbonyl (C=O) groups is 11. The van der Waals surface area contributed by atoms with Crippen molar-refractivity contribution in [2.45, 2.75) is 239 Å². The molecule has 11 atom stereocenters. The Kier molecular flexibility index (Phi) is 39.5. The largest absolute Gasteiger partial charge is 0.391 e. The standard InChI is InChI=1S/C64H108N10O12/c1-13-14-30-51(58(82)39-68-45(7)55(79)36-65)70-38-57(81)46(8)66-33-31-54(78)44(6)67-37-56(80)42(4)27-23-20-18-16-15-17-19-21-26-32-64(12,59(83)40-69-43(5)47(9)75)74-73-52(35-50-28-24-22-25-29-50)61(84)62(85)60(48(10)76)72-63(86)53(34-41(2)3)71-49(11)77/h16,18,22,24-25,28-29,41-46,48,51-53,60,66-70,73-74,76H,13-15,17,19-21,23,26-27,30-40,65H2,1-12H3,(H,71,77)(H,72,86)/b18-16+/t42-,43+,44+,45+,46+,48-,51+,52+,53+,60+,64-/m1/s1. The summed E-state index contributed by atoms with van der Waals surface area (Å²) >= 11 is 0. The van der Waals surface area contributed by atoms with Gasteiger partial charge in [-0.05, 0) is 118 Å². The summed E-state index contributed by atoms with van der Waals surface area (Å²) in [7, 11) is 0. The molecule has 0 fully saturated rings. The summed E-state index contributed by atoms with van der Waals surface area (Å²) < 4.78 is 0. The maximum atomic E-state index is 14.2. The molecule has 0 aliphatic rings. The van der Waals surface area contributed by atoms with Crippen molar-refractivity contribution < 1.29 is 57.8 Å². The average molecular weight is 1210 g/mol. The van der Waals surface area contributed by atoms with Crippen LogP contribution in [-0.2, 0) is 59.2 Å². The van der Waals surface area contributed by atoms with Gasteiger partial charge < -0.3 is 48.1 Å². The second kappa shape index (κ2) is 43.3. The Morgan fingerprint density at radius 2 is 1.17 bits per heavy atom. The fourth-order valence-corrected chi connectivity index (χ4v) is 9.24. The highest BCUT2D eigenvalue weighted by Gasteiger charge is 2.39. The highest BCUT2D eigenvalue weighted by Crippen LogP contribution is 2.19. The number of benzene rings is 1. The summed E-state index contributed by atoms with van der Waals surface area (Å²) in [5.41, 5.74) is 10.9. The zero-order valence-corrected chi connectivity index (χ0v) is 53.8. The first kappa shape index (κ1) is 78.6. The predicted molar refractivity (Wildman–Crippen MR) is 335 cm³/mol. The van der Waals surface area contributed by atoms with Crippen LogP contribution in [0.3, 0.4) is 0 Å². The summed E-state index contributed by atoms with van der Waals surface area (Å²) in [6.45, 7) is 20.0. The van der Waals surface area contributed by atoms with Gasteiger partial charge >= 0.3 is 0 Å². The highest BCUT2D eigenvalue weighted by molar-refractivity contribution is 6.41. The molecular weight excluding hydrogens is 1100 g/mol. The van der Waals surface area contributed by atoms with E-state index in [1.54, 1.807) is 65.0 Å². The number of unbranched alkanes of at least 4 members (excludes halogenated alkanes) is 6. The number of ketones is 9. The van der Waals surface area contributed by atoms with Crippen molar-refractivity contribution in [3.05, 3.63) is 48.0 Å². The molecule has 12 N–H and O–H groups in total. The lowest BCUT2D eigenvalue weighted by Crippen LogP contribution is -2.63. The molecule has 0 aliphatic carbocycles. The van der Waals surface area contributed by atoms with E-state index < -0.39 is 83.4 Å². The third-order valence-electron chi connectivity index (χ3n) is 15.5. The molecule has 0 bridgehead atoms. The van der Waals surface area contributed by atoms with Crippen molar-refractivity contribution in [2.24, 2.45) is 17.6 Å². The number of hydrazine groups is 1. The molecule has 22 nitrogen and oxygen atoms in total. The predicted octanol–water partition coefficient (Wildman–Crippen LogP) is 3.12. The van der Waals surface area contributed by atoms with Gasteiger partial charge in [0.05, 0.1) is 80.6 Å². The van der Waals surface area contributed by atoms with E-state index in [1.807, 2.05) is 27.7 Å². The van der Waals surface area contributed by atoms with Gasteiger partial charge in [-0.2, -0.15) is 0 Å². The molecule has 0 aliphatic heterocycles. The quantitative estimate of drug-likeness (QED) is 0.0193. The molecule has 0 saturated carbocycles. The van der Waals surface area contributed by atoms with Crippen LogP contribution in [0, 0.1) is 11.8 Å². The molecule has 86 heavy (non-hydrogen) atoms. The number of hydrogen-bond acceptors (Lipinski definition) is 20. The Labute approximate surface area is 512 Å². The van der Waals surface area contributed by atoms with Gasteiger partial charge in [-0.25, -0.2) is 10.9 Å². The Balaban J connectivity index is 2.73. The van der Waals surface area contributed by atoms with E-state index in [0.29, 0.717) is 31.2 Å². The molecular formula is C64H108N10O12. The van der Waals surface area contributed by atoms with Crippen molar-refractivity contribution in [3.63, 3.8) is 0 Å². The molecule has 486 valence electrons. The topological polar surface area (TPSA) is 342 Å². The first-order chi connectivity index (χ1) is 40.6. The van der Waals surface area contributed by atoms with E-state index in [-0.39, 0.29) is 111 Å². The van der Waals surface area contributed by atoms with Gasteiger partial charge in [0.15, 0.2) is 28.9 Å². The van der Waals surface area contributed by atoms with Crippen molar-refractivity contribution >= 4 is 63.9 Å². The lowest BCUT2D eigenvalue weighted by molar-refractivity contribution is -0.142. The number of amides is 2. The van der Waals surface area contributed by atoms with Crippen molar-refractivity contribution in [1.82, 2.24) is 48.1 Å². The van der Waals surface area contributed by atoms with E-state index in [4.69, 9.17) is 5.73 Å². The molecule has 2 amide bonds. The van der Waals surface area contributed by atoms with Gasteiger partial charge in [0.1, 0.15) is 23.7 Å². The molecule has 22 heteroatoms. The van der Waals surface area contributed by atoms with Crippen LogP contribution in [0.5, 0.6) is 0 Å². The number of aliphatic hydroxyl groups excluding tert-OH is 1. The van der Waals surface area contributed by atoms with Crippen LogP contribution < -0.4 is 53.8 Å². The van der Waals surface area contributed by atoms with E-state index in [1.165, 1.54) is 20.8 Å². The monoisotopic (exact) mass is 1210 g/mol. The SMILES string of the molecule is CCCC[C@H](NCC(=O)[C@H](C)NCCC(=O)[C@H](C)NCC(=O)[C@H](C)CCC/C=C/CCCCCC[C@@](C)(NN[C@@H](Cc1ccccc1)C(=O)C(=O)[C@@H](NC(=O)[C@H](CC(C)C)NC(C)=O)[C@@H](C)O)C(=O)CN[C@@H](C)C(C)=O)C(=O)CN[C@@H](C)C(=O)CN. The molecule has 0 spiro atoms. The van der Waals surface area contributed by atoms with Crippen LogP contribution >= 0.6 is 0 Å². The number of carbonyl (C=O) groups excluding carboxylic acids is 11. The van der Waals surface area contributed by atoms with E-state index in [9.17, 15) is 57.8 Å². The molecule has 0 saturated heterocycles. The number of rotatable bonds is 52. The molecule has 0 radical (unpaired) electrons. The van der Waals surface area contributed by atoms with Crippen molar-refractivity contribution in [3.8, 4) is 0 Å². The van der Waals surface area contributed by atoms with Gasteiger partial charge in [0.2, 0.25) is 23.4 Å². The maximum Gasteiger partial charge on any atom is 0.243 e. The van der Waals surface area contributed by atoms with Crippen LogP contribution in [0.15, 0.2) is 42.5 Å². The Morgan fingerprint density at radius 3 is 1.77 bits per heavy atom. The minimum atomic E-state index is -1.63. The van der Waals surface area contributed by atoms with E-state index >= 15 is 0 Å². The number of allylic oxidation sites excluding steroid dienone is 2. The number of nitrogens with two attached hydrogens (primary N) is 1. The third kappa shape index (κ3) is 32.0. The Morgan fingerprint density at radius 1 is 0.593 bits per heavy atom. The van der Waals surface area contributed by atoms with Crippen LogP contribution in [0.25, 0.3) is 0 Å². The molecule has 0 unspecified atom stereocenters. The molecule has 0 aromatic heterocycles. The summed E-state index contributed by atoms with van der Waals surface area (Å²) in [5, 5.41) is 30.9. The molecule has 1 rings (SSSR count). The maximum absolute atomic E-state index is 14.2. The van der Waals surface area contributed by atoms with E-state index in [0.717, 1.165) is 51.4 Å². The van der Waals surface area contributed by atoms with Crippen LogP contribution in [-0.4, -0.2) is 168 Å². The minimum absolute atomic E-state index is 0.00826. The fraction of sp³-hybridized carbons (Fsp3) is 0.703. The number of nitrogens with one attached hydrogen (secondary N) is 9. The van der Waals surface area contributed by atoms with Crippen LogP contribution in [0.4, 0.5) is 0 Å². The fourth-order valence-electron chi connectivity index (χ4n) is 9.24. The normalized spacial score (nSPS) is 15.9. The van der Waals surface area contributed by atoms with Gasteiger partial charge in [-0.3, -0.25) is 52.7 Å². The smallest absolute Gasteiger partial charge is 0.243 e. The van der Waals surface area contributed by atoms with Gasteiger partial charge in [-0.1, -0.05) is 102 Å². The van der Waals surface area contributed by atoms with Crippen molar-refractivity contribution in [1.29, 1.82) is 0 Å². The molecule has 0 heterocycles. The highest BCUT2D eigenvalue weighted by atomic mass is 16.3. The zero-order valence-electron chi connectivity index (χ0n) is 53.8. The number of aliphatic hydroxyl groups is 1. The second-order valence-corrected chi connectivity index (χ2v) is 23.8. The average Bonchev–Trinajstić information content (AvgIpc) is 2.35. The summed E-state index contributed by atoms with van der Waals surface area (Å²) in [5.74, 6) is -4.39. The van der Waals surface area contributed by atoms with Gasteiger partial charge in [0, 0.05) is 25.8 Å². The Bertz CT molecular complexity index is 2330. The van der Waals surface area contributed by atoms with Gasteiger partial charge in [0.25, 0.3) is 0 Å². The van der Waals surface area contributed by atoms with Gasteiger partial charge in [-0.15, -0.1) is 0 Å². The zero-order chi connectivity index (χ0) is 64.9. The Hall–Kier alpha value is -5.43.